The zero-order valence-electron chi connectivity index (χ0n) is 10.7. The van der Waals surface area contributed by atoms with Crippen LogP contribution in [0, 0.1) is 13.8 Å². The lowest BCUT2D eigenvalue weighted by Crippen LogP contribution is -1.91. The molecule has 0 amide bonds. The molecule has 0 aliphatic carbocycles. The lowest BCUT2D eigenvalue weighted by molar-refractivity contribution is 1.11. The number of hydrogen-bond acceptors (Lipinski definition) is 1. The summed E-state index contributed by atoms with van der Waals surface area (Å²) in [7, 11) is 0. The fourth-order valence-electron chi connectivity index (χ4n) is 2.55. The molecule has 1 heterocycles. The second kappa shape index (κ2) is 4.33. The molecule has 0 atom stereocenters. The van der Waals surface area contributed by atoms with Crippen LogP contribution in [-0.4, -0.2) is 6.54 Å². The van der Waals surface area contributed by atoms with Gasteiger partial charge in [0.1, 0.15) is 0 Å². The fourth-order valence-corrected chi connectivity index (χ4v) is 2.77. The summed E-state index contributed by atoms with van der Waals surface area (Å²) < 4.78 is 0. The van der Waals surface area contributed by atoms with Gasteiger partial charge in [-0.15, -0.1) is 0 Å². The van der Waals surface area contributed by atoms with Gasteiger partial charge in [0.25, 0.3) is 0 Å². The lowest BCUT2D eigenvalue weighted by atomic mass is 9.97. The van der Waals surface area contributed by atoms with Crippen LogP contribution in [0.1, 0.15) is 16.7 Å². The van der Waals surface area contributed by atoms with Gasteiger partial charge in [0.15, 0.2) is 0 Å². The van der Waals surface area contributed by atoms with Crippen LogP contribution in [0.2, 0.25) is 5.02 Å². The van der Waals surface area contributed by atoms with E-state index in [0.29, 0.717) is 0 Å². The summed E-state index contributed by atoms with van der Waals surface area (Å²) >= 11 is 6.15. The topological polar surface area (TPSA) is 12.0 Å². The standard InChI is InChI=1S/C16H16ClN/c1-10-8-15(17)11(2)7-14(10)13-4-3-12-5-6-18-16(12)9-13/h3-4,7-9,18H,5-6H2,1-2H3. The third kappa shape index (κ3) is 1.89. The van der Waals surface area contributed by atoms with Crippen LogP contribution in [0.4, 0.5) is 5.69 Å². The number of fused-ring (bicyclic) bond motifs is 1. The molecule has 0 saturated heterocycles. The molecule has 1 N–H and O–H groups in total. The molecule has 0 saturated carbocycles. The lowest BCUT2D eigenvalue weighted by Gasteiger charge is -2.11. The van der Waals surface area contributed by atoms with E-state index in [-0.39, 0.29) is 0 Å². The molecular weight excluding hydrogens is 242 g/mol. The SMILES string of the molecule is Cc1cc(-c2ccc3c(c2)NCC3)c(C)cc1Cl. The summed E-state index contributed by atoms with van der Waals surface area (Å²) in [6.07, 6.45) is 1.13. The van der Waals surface area contributed by atoms with Gasteiger partial charge in [-0.3, -0.25) is 0 Å². The number of rotatable bonds is 1. The molecule has 0 aromatic heterocycles. The van der Waals surface area contributed by atoms with E-state index in [1.165, 1.54) is 27.9 Å². The van der Waals surface area contributed by atoms with E-state index in [0.717, 1.165) is 23.6 Å². The number of benzene rings is 2. The number of anilines is 1. The summed E-state index contributed by atoms with van der Waals surface area (Å²) in [4.78, 5) is 0. The van der Waals surface area contributed by atoms with E-state index in [2.05, 4.69) is 43.4 Å². The molecule has 1 nitrogen and oxygen atoms in total. The van der Waals surface area contributed by atoms with Crippen molar-refractivity contribution in [2.45, 2.75) is 20.3 Å². The van der Waals surface area contributed by atoms with Crippen molar-refractivity contribution < 1.29 is 0 Å². The molecule has 2 aromatic rings. The first kappa shape index (κ1) is 11.6. The van der Waals surface area contributed by atoms with Crippen molar-refractivity contribution in [3.8, 4) is 11.1 Å². The minimum Gasteiger partial charge on any atom is -0.384 e. The van der Waals surface area contributed by atoms with Crippen molar-refractivity contribution in [2.24, 2.45) is 0 Å². The fraction of sp³-hybridized carbons (Fsp3) is 0.250. The van der Waals surface area contributed by atoms with Gasteiger partial charge >= 0.3 is 0 Å². The van der Waals surface area contributed by atoms with Crippen LogP contribution in [0.15, 0.2) is 30.3 Å². The van der Waals surface area contributed by atoms with E-state index in [9.17, 15) is 0 Å². The Bertz CT molecular complexity index is 617. The first-order valence-corrected chi connectivity index (χ1v) is 6.67. The minimum atomic E-state index is 0.843. The molecule has 0 fully saturated rings. The molecule has 18 heavy (non-hydrogen) atoms. The van der Waals surface area contributed by atoms with Crippen molar-refractivity contribution in [1.82, 2.24) is 0 Å². The molecular formula is C16H16ClN. The van der Waals surface area contributed by atoms with E-state index in [1.54, 1.807) is 0 Å². The average Bonchev–Trinajstić information content (AvgIpc) is 2.80. The Morgan fingerprint density at radius 3 is 2.72 bits per heavy atom. The second-order valence-electron chi connectivity index (χ2n) is 4.97. The van der Waals surface area contributed by atoms with Crippen LogP contribution in [0.3, 0.4) is 0 Å². The van der Waals surface area contributed by atoms with E-state index in [1.807, 2.05) is 6.07 Å². The smallest absolute Gasteiger partial charge is 0.0438 e. The third-order valence-corrected chi connectivity index (χ3v) is 4.04. The van der Waals surface area contributed by atoms with E-state index >= 15 is 0 Å². The maximum absolute atomic E-state index is 6.15. The van der Waals surface area contributed by atoms with Crippen LogP contribution < -0.4 is 5.32 Å². The molecule has 0 radical (unpaired) electrons. The number of hydrogen-bond donors (Lipinski definition) is 1. The molecule has 92 valence electrons. The van der Waals surface area contributed by atoms with Gasteiger partial charge in [0.2, 0.25) is 0 Å². The van der Waals surface area contributed by atoms with Gasteiger partial charge in [0.05, 0.1) is 0 Å². The Morgan fingerprint density at radius 2 is 1.89 bits per heavy atom. The molecule has 0 spiro atoms. The summed E-state index contributed by atoms with van der Waals surface area (Å²) in [5.74, 6) is 0. The summed E-state index contributed by atoms with van der Waals surface area (Å²) in [6.45, 7) is 5.22. The number of halogens is 1. The zero-order valence-corrected chi connectivity index (χ0v) is 11.4. The Kier molecular flexibility index (Phi) is 2.79. The normalized spacial score (nSPS) is 13.3. The van der Waals surface area contributed by atoms with Gasteiger partial charge in [-0.1, -0.05) is 23.7 Å². The highest BCUT2D eigenvalue weighted by molar-refractivity contribution is 6.31. The second-order valence-corrected chi connectivity index (χ2v) is 5.37. The van der Waals surface area contributed by atoms with Crippen molar-refractivity contribution in [3.05, 3.63) is 52.0 Å². The third-order valence-electron chi connectivity index (χ3n) is 3.64. The molecule has 0 bridgehead atoms. The first-order chi connectivity index (χ1) is 8.65. The van der Waals surface area contributed by atoms with Crippen LogP contribution in [0.5, 0.6) is 0 Å². The molecule has 3 rings (SSSR count). The molecule has 2 aromatic carbocycles. The first-order valence-electron chi connectivity index (χ1n) is 6.29. The number of aryl methyl sites for hydroxylation is 2. The highest BCUT2D eigenvalue weighted by Crippen LogP contribution is 2.32. The van der Waals surface area contributed by atoms with Gasteiger partial charge in [-0.2, -0.15) is 0 Å². The van der Waals surface area contributed by atoms with Gasteiger partial charge in [-0.05, 0) is 66.3 Å². The highest BCUT2D eigenvalue weighted by atomic mass is 35.5. The monoisotopic (exact) mass is 257 g/mol. The summed E-state index contributed by atoms with van der Waals surface area (Å²) in [5, 5.41) is 4.27. The molecule has 0 unspecified atom stereocenters. The average molecular weight is 258 g/mol. The summed E-state index contributed by atoms with van der Waals surface area (Å²) in [6, 6.07) is 10.9. The van der Waals surface area contributed by atoms with Crippen molar-refractivity contribution >= 4 is 17.3 Å². The quantitative estimate of drug-likeness (QED) is 0.788. The largest absolute Gasteiger partial charge is 0.384 e. The molecule has 2 heteroatoms. The predicted molar refractivity (Wildman–Crippen MR) is 78.6 cm³/mol. The van der Waals surface area contributed by atoms with Crippen LogP contribution in [0.25, 0.3) is 11.1 Å². The van der Waals surface area contributed by atoms with Crippen molar-refractivity contribution in [2.75, 3.05) is 11.9 Å². The van der Waals surface area contributed by atoms with Crippen molar-refractivity contribution in [3.63, 3.8) is 0 Å². The van der Waals surface area contributed by atoms with Gasteiger partial charge in [0, 0.05) is 17.3 Å². The number of nitrogens with one attached hydrogen (secondary N) is 1. The summed E-state index contributed by atoms with van der Waals surface area (Å²) in [5.41, 5.74) is 7.59. The predicted octanol–water partition coefficient (Wildman–Crippen LogP) is 4.59. The zero-order chi connectivity index (χ0) is 12.7. The Hall–Kier alpha value is -1.47. The van der Waals surface area contributed by atoms with Gasteiger partial charge in [-0.25, -0.2) is 0 Å². The maximum Gasteiger partial charge on any atom is 0.0438 e. The molecule has 1 aliphatic rings. The van der Waals surface area contributed by atoms with Gasteiger partial charge < -0.3 is 5.32 Å². The molecule has 1 aliphatic heterocycles. The van der Waals surface area contributed by atoms with Crippen molar-refractivity contribution in [1.29, 1.82) is 0 Å². The van der Waals surface area contributed by atoms with E-state index in [4.69, 9.17) is 11.6 Å². The minimum absolute atomic E-state index is 0.843. The maximum atomic E-state index is 6.15. The van der Waals surface area contributed by atoms with Crippen LogP contribution in [-0.2, 0) is 6.42 Å². The van der Waals surface area contributed by atoms with Crippen LogP contribution >= 0.6 is 11.6 Å². The highest BCUT2D eigenvalue weighted by Gasteiger charge is 2.12. The Morgan fingerprint density at radius 1 is 1.06 bits per heavy atom. The Balaban J connectivity index is 2.12. The Labute approximate surface area is 113 Å². The van der Waals surface area contributed by atoms with E-state index < -0.39 is 0 Å².